The summed E-state index contributed by atoms with van der Waals surface area (Å²) in [6.45, 7) is 0. The smallest absolute Gasteiger partial charge is 0.267 e. The van der Waals surface area contributed by atoms with E-state index in [2.05, 4.69) is 9.98 Å². The van der Waals surface area contributed by atoms with Crippen molar-refractivity contribution in [2.75, 3.05) is 7.05 Å². The van der Waals surface area contributed by atoms with Crippen molar-refractivity contribution in [2.45, 2.75) is 0 Å². The predicted octanol–water partition coefficient (Wildman–Crippen LogP) is 0.229. The summed E-state index contributed by atoms with van der Waals surface area (Å²) in [6.07, 6.45) is 3.20. The van der Waals surface area contributed by atoms with Crippen molar-refractivity contribution in [3.05, 3.63) is 29.6 Å². The quantitative estimate of drug-likeness (QED) is 0.634. The summed E-state index contributed by atoms with van der Waals surface area (Å²) in [5.41, 5.74) is 6.12. The number of pyridine rings is 1. The van der Waals surface area contributed by atoms with Gasteiger partial charge in [0.1, 0.15) is 5.69 Å². The van der Waals surface area contributed by atoms with Gasteiger partial charge in [0, 0.05) is 25.0 Å². The van der Waals surface area contributed by atoms with E-state index in [0.29, 0.717) is 0 Å². The Balaban J connectivity index is 2.93. The average Bonchev–Trinajstić information content (AvgIpc) is 2.06. The summed E-state index contributed by atoms with van der Waals surface area (Å²) in [7, 11) is 1.67. The molecule has 2 N–H and O–H groups in total. The normalized spacial score (nSPS) is 10.4. The average molecular weight is 163 g/mol. The predicted molar refractivity (Wildman–Crippen MR) is 46.3 cm³/mol. The lowest BCUT2D eigenvalue weighted by Crippen LogP contribution is -2.12. The van der Waals surface area contributed by atoms with Crippen molar-refractivity contribution >= 4 is 12.1 Å². The van der Waals surface area contributed by atoms with Crippen molar-refractivity contribution in [1.29, 1.82) is 0 Å². The molecule has 1 heterocycles. The molecule has 12 heavy (non-hydrogen) atoms. The number of hydrogen-bond acceptors (Lipinski definition) is 3. The van der Waals surface area contributed by atoms with Crippen LogP contribution in [0.15, 0.2) is 23.3 Å². The third-order valence-electron chi connectivity index (χ3n) is 1.32. The van der Waals surface area contributed by atoms with E-state index in [1.165, 1.54) is 0 Å². The number of aromatic nitrogens is 1. The largest absolute Gasteiger partial charge is 0.364 e. The standard InChI is InChI=1S/C8H9N3O/c1-10-4-6-2-3-7(8(9)12)11-5-6/h2-5H,1H3,(H2,9,12). The van der Waals surface area contributed by atoms with Gasteiger partial charge in [0.15, 0.2) is 0 Å². The Bertz CT molecular complexity index is 303. The van der Waals surface area contributed by atoms with Gasteiger partial charge in [-0.25, -0.2) is 0 Å². The molecule has 0 aliphatic carbocycles. The summed E-state index contributed by atoms with van der Waals surface area (Å²) in [4.78, 5) is 18.2. The zero-order valence-electron chi connectivity index (χ0n) is 6.69. The van der Waals surface area contributed by atoms with Crippen LogP contribution in [0.25, 0.3) is 0 Å². The first-order valence-corrected chi connectivity index (χ1v) is 3.42. The zero-order valence-corrected chi connectivity index (χ0v) is 6.69. The van der Waals surface area contributed by atoms with Gasteiger partial charge in [-0.1, -0.05) is 0 Å². The maximum Gasteiger partial charge on any atom is 0.267 e. The first-order valence-electron chi connectivity index (χ1n) is 3.42. The Morgan fingerprint density at radius 2 is 2.42 bits per heavy atom. The maximum atomic E-state index is 10.6. The van der Waals surface area contributed by atoms with E-state index >= 15 is 0 Å². The Morgan fingerprint density at radius 1 is 1.67 bits per heavy atom. The molecule has 62 valence electrons. The monoisotopic (exact) mass is 163 g/mol. The highest BCUT2D eigenvalue weighted by atomic mass is 16.1. The first kappa shape index (κ1) is 8.39. The number of carbonyl (C=O) groups is 1. The van der Waals surface area contributed by atoms with Crippen LogP contribution in [0.3, 0.4) is 0 Å². The van der Waals surface area contributed by atoms with E-state index in [1.807, 2.05) is 0 Å². The Morgan fingerprint density at radius 3 is 2.83 bits per heavy atom. The second-order valence-corrected chi connectivity index (χ2v) is 2.23. The van der Waals surface area contributed by atoms with Crippen molar-refractivity contribution in [3.63, 3.8) is 0 Å². The lowest BCUT2D eigenvalue weighted by Gasteiger charge is -1.94. The lowest BCUT2D eigenvalue weighted by atomic mass is 10.2. The number of aliphatic imine (C=N–C) groups is 1. The minimum Gasteiger partial charge on any atom is -0.364 e. The molecule has 0 atom stereocenters. The van der Waals surface area contributed by atoms with Crippen molar-refractivity contribution in [2.24, 2.45) is 10.7 Å². The summed E-state index contributed by atoms with van der Waals surface area (Å²) in [6, 6.07) is 3.30. The van der Waals surface area contributed by atoms with Crippen LogP contribution in [0, 0.1) is 0 Å². The molecule has 1 amide bonds. The van der Waals surface area contributed by atoms with E-state index in [4.69, 9.17) is 5.73 Å². The second kappa shape index (κ2) is 3.61. The molecule has 0 unspecified atom stereocenters. The first-order chi connectivity index (χ1) is 5.74. The fourth-order valence-corrected chi connectivity index (χ4v) is 0.776. The molecule has 0 spiro atoms. The lowest BCUT2D eigenvalue weighted by molar-refractivity contribution is 0.0995. The molecule has 0 radical (unpaired) electrons. The van der Waals surface area contributed by atoms with Gasteiger partial charge >= 0.3 is 0 Å². The van der Waals surface area contributed by atoms with Crippen LogP contribution in [0.1, 0.15) is 16.1 Å². The molecule has 0 aliphatic heterocycles. The Hall–Kier alpha value is -1.71. The molecular formula is C8H9N3O. The van der Waals surface area contributed by atoms with Gasteiger partial charge in [-0.2, -0.15) is 0 Å². The fourth-order valence-electron chi connectivity index (χ4n) is 0.776. The molecule has 1 rings (SSSR count). The zero-order chi connectivity index (χ0) is 8.97. The van der Waals surface area contributed by atoms with Crippen molar-refractivity contribution in [3.8, 4) is 0 Å². The summed E-state index contributed by atoms with van der Waals surface area (Å²) in [5.74, 6) is -0.519. The van der Waals surface area contributed by atoms with Crippen LogP contribution in [0.5, 0.6) is 0 Å². The van der Waals surface area contributed by atoms with Gasteiger partial charge in [-0.05, 0) is 12.1 Å². The number of carbonyl (C=O) groups excluding carboxylic acids is 1. The van der Waals surface area contributed by atoms with Crippen LogP contribution in [0.4, 0.5) is 0 Å². The summed E-state index contributed by atoms with van der Waals surface area (Å²) >= 11 is 0. The molecule has 4 nitrogen and oxygen atoms in total. The highest BCUT2D eigenvalue weighted by Gasteiger charge is 1.99. The molecule has 0 saturated heterocycles. The number of nitrogens with two attached hydrogens (primary N) is 1. The van der Waals surface area contributed by atoms with Crippen LogP contribution < -0.4 is 5.73 Å². The van der Waals surface area contributed by atoms with E-state index in [9.17, 15) is 4.79 Å². The molecule has 1 aromatic rings. The van der Waals surface area contributed by atoms with Gasteiger partial charge in [-0.3, -0.25) is 14.8 Å². The van der Waals surface area contributed by atoms with Gasteiger partial charge in [0.2, 0.25) is 0 Å². The SMILES string of the molecule is CN=Cc1ccc(C(N)=O)nc1. The summed E-state index contributed by atoms with van der Waals surface area (Å²) in [5, 5.41) is 0. The molecule has 0 fully saturated rings. The molecule has 0 bridgehead atoms. The third kappa shape index (κ3) is 1.88. The highest BCUT2D eigenvalue weighted by molar-refractivity contribution is 5.91. The second-order valence-electron chi connectivity index (χ2n) is 2.23. The number of nitrogens with zero attached hydrogens (tertiary/aromatic N) is 2. The molecule has 0 saturated carbocycles. The molecule has 4 heteroatoms. The van der Waals surface area contributed by atoms with Gasteiger partial charge in [-0.15, -0.1) is 0 Å². The van der Waals surface area contributed by atoms with Gasteiger partial charge in [0.25, 0.3) is 5.91 Å². The van der Waals surface area contributed by atoms with E-state index in [1.54, 1.807) is 31.6 Å². The topological polar surface area (TPSA) is 68.3 Å². The minimum atomic E-state index is -0.519. The number of primary amides is 1. The van der Waals surface area contributed by atoms with Crippen LogP contribution in [0.2, 0.25) is 0 Å². The van der Waals surface area contributed by atoms with Crippen LogP contribution in [-0.4, -0.2) is 24.2 Å². The fraction of sp³-hybridized carbons (Fsp3) is 0.125. The van der Waals surface area contributed by atoms with Gasteiger partial charge in [0.05, 0.1) is 0 Å². The van der Waals surface area contributed by atoms with Crippen molar-refractivity contribution < 1.29 is 4.79 Å². The van der Waals surface area contributed by atoms with Crippen molar-refractivity contribution in [1.82, 2.24) is 4.98 Å². The maximum absolute atomic E-state index is 10.6. The number of rotatable bonds is 2. The van der Waals surface area contributed by atoms with E-state index in [0.717, 1.165) is 5.56 Å². The van der Waals surface area contributed by atoms with Crippen LogP contribution in [-0.2, 0) is 0 Å². The van der Waals surface area contributed by atoms with Gasteiger partial charge < -0.3 is 5.73 Å². The number of amides is 1. The summed E-state index contributed by atoms with van der Waals surface area (Å²) < 4.78 is 0. The van der Waals surface area contributed by atoms with Crippen LogP contribution >= 0.6 is 0 Å². The third-order valence-corrected chi connectivity index (χ3v) is 1.32. The van der Waals surface area contributed by atoms with E-state index < -0.39 is 5.91 Å². The Labute approximate surface area is 70.1 Å². The highest BCUT2D eigenvalue weighted by Crippen LogP contribution is 1.96. The minimum absolute atomic E-state index is 0.267. The molecule has 1 aromatic heterocycles. The Kier molecular flexibility index (Phi) is 2.53. The van der Waals surface area contributed by atoms with E-state index in [-0.39, 0.29) is 5.69 Å². The molecule has 0 aromatic carbocycles. The number of hydrogen-bond donors (Lipinski definition) is 1. The molecular weight excluding hydrogens is 154 g/mol. The molecule has 0 aliphatic rings.